The molecular weight excluding hydrogens is 470 g/mol. The van der Waals surface area contributed by atoms with E-state index < -0.39 is 23.5 Å². The highest BCUT2D eigenvalue weighted by Crippen LogP contribution is 2.36. The number of pyridine rings is 1. The van der Waals surface area contributed by atoms with E-state index in [1.54, 1.807) is 37.4 Å². The van der Waals surface area contributed by atoms with Gasteiger partial charge in [0.1, 0.15) is 5.82 Å². The number of ether oxygens (including phenoxy) is 1. The number of hydrogen-bond donors (Lipinski definition) is 0. The number of carbonyl (C=O) groups excluding carboxylic acids is 1. The molecule has 0 N–H and O–H groups in total. The summed E-state index contributed by atoms with van der Waals surface area (Å²) < 4.78 is 60.6. The number of fused-ring (bicyclic) bond motifs is 1. The van der Waals surface area contributed by atoms with Crippen LogP contribution in [-0.4, -0.2) is 27.1 Å². The molecule has 0 aliphatic rings. The van der Waals surface area contributed by atoms with Crippen LogP contribution in [0, 0.1) is 5.82 Å². The first-order valence-corrected chi connectivity index (χ1v) is 11.3. The van der Waals surface area contributed by atoms with E-state index >= 15 is 0 Å². The number of hydrogen-bond acceptors (Lipinski definition) is 5. The molecule has 0 aliphatic heterocycles. The van der Waals surface area contributed by atoms with Crippen LogP contribution in [0.25, 0.3) is 11.0 Å². The van der Waals surface area contributed by atoms with Gasteiger partial charge in [0.15, 0.2) is 5.16 Å². The van der Waals surface area contributed by atoms with Crippen LogP contribution in [0.5, 0.6) is 0 Å². The minimum Gasteiger partial charge on any atom is -0.462 e. The summed E-state index contributed by atoms with van der Waals surface area (Å²) in [7, 11) is 0. The summed E-state index contributed by atoms with van der Waals surface area (Å²) in [6.45, 7) is 2.26. The lowest BCUT2D eigenvalue weighted by Gasteiger charge is -2.13. The molecule has 0 atom stereocenters. The number of imidazole rings is 1. The van der Waals surface area contributed by atoms with Gasteiger partial charge < -0.3 is 9.30 Å². The van der Waals surface area contributed by atoms with E-state index in [0.29, 0.717) is 34.4 Å². The minimum atomic E-state index is -4.68. The van der Waals surface area contributed by atoms with Gasteiger partial charge in [-0.05, 0) is 55.0 Å². The summed E-state index contributed by atoms with van der Waals surface area (Å²) in [4.78, 5) is 21.0. The molecule has 0 spiro atoms. The zero-order valence-electron chi connectivity index (χ0n) is 18.0. The SMILES string of the molecule is CCOC(=O)c1ccc2c(c1)nc(SCc1ccc(F)cc1C(F)(F)F)n2Cc1ccccn1. The van der Waals surface area contributed by atoms with Gasteiger partial charge in [-0.2, -0.15) is 13.2 Å². The standard InChI is InChI=1S/C24H19F4N3O2S/c1-2-33-22(32)15-7-9-21-20(11-15)30-23(31(21)13-18-5-3-4-10-29-18)34-14-16-6-8-17(25)12-19(16)24(26,27)28/h3-12H,2,13-14H2,1H3. The van der Waals surface area contributed by atoms with Crippen molar-refractivity contribution >= 4 is 28.8 Å². The predicted molar refractivity (Wildman–Crippen MR) is 120 cm³/mol. The number of rotatable bonds is 7. The zero-order chi connectivity index (χ0) is 24.3. The molecule has 0 saturated carbocycles. The van der Waals surface area contributed by atoms with Crippen LogP contribution in [0.3, 0.4) is 0 Å². The number of esters is 1. The quantitative estimate of drug-likeness (QED) is 0.178. The highest BCUT2D eigenvalue weighted by molar-refractivity contribution is 7.98. The van der Waals surface area contributed by atoms with Gasteiger partial charge in [-0.1, -0.05) is 23.9 Å². The first kappa shape index (κ1) is 23.7. The molecule has 2 heterocycles. The molecule has 34 heavy (non-hydrogen) atoms. The highest BCUT2D eigenvalue weighted by atomic mass is 32.2. The Hall–Kier alpha value is -3.40. The fourth-order valence-corrected chi connectivity index (χ4v) is 4.46. The summed E-state index contributed by atoms with van der Waals surface area (Å²) in [5, 5.41) is 0.444. The third-order valence-corrected chi connectivity index (χ3v) is 6.03. The van der Waals surface area contributed by atoms with Crippen molar-refractivity contribution in [1.82, 2.24) is 14.5 Å². The topological polar surface area (TPSA) is 57.0 Å². The molecule has 4 aromatic rings. The lowest BCUT2D eigenvalue weighted by atomic mass is 10.1. The fourth-order valence-electron chi connectivity index (χ4n) is 3.45. The second-order valence-electron chi connectivity index (χ2n) is 7.31. The summed E-state index contributed by atoms with van der Waals surface area (Å²) in [6.07, 6.45) is -3.03. The van der Waals surface area contributed by atoms with Crippen molar-refractivity contribution in [1.29, 1.82) is 0 Å². The van der Waals surface area contributed by atoms with Gasteiger partial charge in [0.2, 0.25) is 0 Å². The van der Waals surface area contributed by atoms with Crippen molar-refractivity contribution in [3.63, 3.8) is 0 Å². The number of alkyl halides is 3. The molecule has 5 nitrogen and oxygen atoms in total. The Morgan fingerprint density at radius 1 is 1.12 bits per heavy atom. The number of carbonyl (C=O) groups is 1. The third-order valence-electron chi connectivity index (χ3n) is 5.00. The number of halogens is 4. The van der Waals surface area contributed by atoms with E-state index in [1.165, 1.54) is 0 Å². The van der Waals surface area contributed by atoms with Crippen molar-refractivity contribution in [2.24, 2.45) is 0 Å². The fraction of sp³-hybridized carbons (Fsp3) is 0.208. The highest BCUT2D eigenvalue weighted by Gasteiger charge is 2.33. The molecular formula is C24H19F4N3O2S. The number of aromatic nitrogens is 3. The molecule has 0 saturated heterocycles. The third kappa shape index (κ3) is 5.22. The Kier molecular flexibility index (Phi) is 6.87. The Labute approximate surface area is 196 Å². The smallest absolute Gasteiger partial charge is 0.416 e. The number of nitrogens with zero attached hydrogens (tertiary/aromatic N) is 3. The van der Waals surface area contributed by atoms with Crippen molar-refractivity contribution < 1.29 is 27.1 Å². The van der Waals surface area contributed by atoms with Gasteiger partial charge in [0.05, 0.1) is 41.0 Å². The lowest BCUT2D eigenvalue weighted by molar-refractivity contribution is -0.138. The van der Waals surface area contributed by atoms with Gasteiger partial charge in [0.25, 0.3) is 0 Å². The Bertz CT molecular complexity index is 1320. The average molecular weight is 489 g/mol. The van der Waals surface area contributed by atoms with Crippen LogP contribution in [0.1, 0.15) is 34.1 Å². The average Bonchev–Trinajstić information content (AvgIpc) is 3.15. The molecule has 0 fully saturated rings. The summed E-state index contributed by atoms with van der Waals surface area (Å²) >= 11 is 1.09. The Balaban J connectivity index is 1.72. The second kappa shape index (κ2) is 9.84. The Morgan fingerprint density at radius 3 is 2.65 bits per heavy atom. The number of benzene rings is 2. The summed E-state index contributed by atoms with van der Waals surface area (Å²) in [5.74, 6) is -1.51. The van der Waals surface area contributed by atoms with Crippen LogP contribution >= 0.6 is 11.8 Å². The molecule has 0 bridgehead atoms. The van der Waals surface area contributed by atoms with Crippen LogP contribution in [0.2, 0.25) is 0 Å². The molecule has 176 valence electrons. The van der Waals surface area contributed by atoms with Crippen LogP contribution in [0.15, 0.2) is 66.0 Å². The summed E-state index contributed by atoms with van der Waals surface area (Å²) in [5.41, 5.74) is 1.18. The van der Waals surface area contributed by atoms with Crippen molar-refractivity contribution in [3.05, 3.63) is 89.0 Å². The molecule has 2 aromatic heterocycles. The van der Waals surface area contributed by atoms with Crippen molar-refractivity contribution in [3.8, 4) is 0 Å². The van der Waals surface area contributed by atoms with E-state index in [4.69, 9.17) is 4.74 Å². The molecule has 4 rings (SSSR count). The maximum atomic E-state index is 13.5. The maximum Gasteiger partial charge on any atom is 0.416 e. The normalized spacial score (nSPS) is 11.7. The molecule has 0 aliphatic carbocycles. The minimum absolute atomic E-state index is 0.0532. The molecule has 10 heteroatoms. The van der Waals surface area contributed by atoms with Gasteiger partial charge in [-0.3, -0.25) is 4.98 Å². The van der Waals surface area contributed by atoms with Crippen LogP contribution in [-0.2, 0) is 23.2 Å². The van der Waals surface area contributed by atoms with Gasteiger partial charge >= 0.3 is 12.1 Å². The van der Waals surface area contributed by atoms with Crippen molar-refractivity contribution in [2.75, 3.05) is 6.61 Å². The van der Waals surface area contributed by atoms with Crippen molar-refractivity contribution in [2.45, 2.75) is 30.6 Å². The van der Waals surface area contributed by atoms with E-state index in [9.17, 15) is 22.4 Å². The number of thioether (sulfide) groups is 1. The van der Waals surface area contributed by atoms with Gasteiger partial charge in [-0.25, -0.2) is 14.2 Å². The van der Waals surface area contributed by atoms with E-state index in [1.807, 2.05) is 16.7 Å². The first-order valence-electron chi connectivity index (χ1n) is 10.3. The van der Waals surface area contributed by atoms with E-state index in [2.05, 4.69) is 9.97 Å². The van der Waals surface area contributed by atoms with Crippen LogP contribution in [0.4, 0.5) is 17.6 Å². The first-order chi connectivity index (χ1) is 16.3. The van der Waals surface area contributed by atoms with E-state index in [-0.39, 0.29) is 17.9 Å². The summed E-state index contributed by atoms with van der Waals surface area (Å²) in [6, 6.07) is 13.0. The van der Waals surface area contributed by atoms with Crippen LogP contribution < -0.4 is 0 Å². The lowest BCUT2D eigenvalue weighted by Crippen LogP contribution is -2.09. The Morgan fingerprint density at radius 2 is 1.94 bits per heavy atom. The maximum absolute atomic E-state index is 13.5. The van der Waals surface area contributed by atoms with Gasteiger partial charge in [-0.15, -0.1) is 0 Å². The zero-order valence-corrected chi connectivity index (χ0v) is 18.8. The second-order valence-corrected chi connectivity index (χ2v) is 8.26. The van der Waals surface area contributed by atoms with E-state index in [0.717, 1.165) is 29.6 Å². The predicted octanol–water partition coefficient (Wildman–Crippen LogP) is 6.11. The molecule has 0 amide bonds. The largest absolute Gasteiger partial charge is 0.462 e. The molecule has 0 radical (unpaired) electrons. The monoisotopic (exact) mass is 489 g/mol. The molecule has 0 unspecified atom stereocenters. The van der Waals surface area contributed by atoms with Gasteiger partial charge in [0, 0.05) is 11.9 Å². The molecule has 2 aromatic carbocycles.